The van der Waals surface area contributed by atoms with Gasteiger partial charge in [0.15, 0.2) is 0 Å². The molecular weight excluding hydrogens is 158 g/mol. The lowest BCUT2D eigenvalue weighted by atomic mass is 10.3. The zero-order valence-electron chi connectivity index (χ0n) is 7.41. The molecule has 0 saturated heterocycles. The molecule has 0 aromatic rings. The molecule has 0 aromatic carbocycles. The molecule has 0 aromatic heterocycles. The summed E-state index contributed by atoms with van der Waals surface area (Å²) in [4.78, 5) is 10.5. The largest absolute Gasteiger partial charge is 0.466 e. The number of carbonyl (C=O) groups excluding carboxylic acids is 1. The van der Waals surface area contributed by atoms with Gasteiger partial charge in [0, 0.05) is 18.8 Å². The van der Waals surface area contributed by atoms with E-state index in [0.717, 1.165) is 0 Å². The summed E-state index contributed by atoms with van der Waals surface area (Å²) >= 11 is 0. The first-order valence-corrected chi connectivity index (χ1v) is 3.82. The number of aliphatic hydroxyl groups excluding tert-OH is 1. The maximum atomic E-state index is 10.5. The van der Waals surface area contributed by atoms with E-state index in [1.54, 1.807) is 6.92 Å². The van der Waals surface area contributed by atoms with Gasteiger partial charge in [-0.05, 0) is 13.3 Å². The molecule has 0 heterocycles. The minimum Gasteiger partial charge on any atom is -0.466 e. The van der Waals surface area contributed by atoms with Crippen LogP contribution in [0.15, 0.2) is 12.3 Å². The van der Waals surface area contributed by atoms with E-state index >= 15 is 0 Å². The van der Waals surface area contributed by atoms with E-state index in [2.05, 4.69) is 10.1 Å². The maximum Gasteiger partial charge on any atom is 0.331 e. The molecule has 0 aliphatic rings. The molecule has 4 nitrogen and oxygen atoms in total. The van der Waals surface area contributed by atoms with Crippen molar-refractivity contribution in [1.29, 1.82) is 0 Å². The Balaban J connectivity index is 3.30. The van der Waals surface area contributed by atoms with E-state index in [1.165, 1.54) is 19.4 Å². The van der Waals surface area contributed by atoms with Crippen LogP contribution in [0.25, 0.3) is 0 Å². The predicted octanol–water partition coefficient (Wildman–Crippen LogP) is 0.0336. The van der Waals surface area contributed by atoms with Gasteiger partial charge in [-0.3, -0.25) is 0 Å². The number of hydrogen-bond donors (Lipinski definition) is 2. The number of hydrogen-bond acceptors (Lipinski definition) is 4. The molecule has 0 fully saturated rings. The van der Waals surface area contributed by atoms with Crippen molar-refractivity contribution in [3.8, 4) is 0 Å². The van der Waals surface area contributed by atoms with Crippen LogP contribution in [0.2, 0.25) is 0 Å². The van der Waals surface area contributed by atoms with Crippen molar-refractivity contribution in [3.05, 3.63) is 12.3 Å². The highest BCUT2D eigenvalue weighted by Crippen LogP contribution is 1.85. The number of aliphatic hydroxyl groups is 1. The van der Waals surface area contributed by atoms with Gasteiger partial charge in [0.1, 0.15) is 0 Å². The SMILES string of the molecule is COC(=O)/C=C/NCCC(C)O. The highest BCUT2D eigenvalue weighted by Gasteiger charge is 1.92. The standard InChI is InChI=1S/C8H15NO3/c1-7(10)3-5-9-6-4-8(11)12-2/h4,6-7,9-10H,3,5H2,1-2H3/b6-4+. The molecule has 0 saturated carbocycles. The molecule has 2 N–H and O–H groups in total. The monoisotopic (exact) mass is 173 g/mol. The van der Waals surface area contributed by atoms with Gasteiger partial charge in [-0.15, -0.1) is 0 Å². The zero-order valence-corrected chi connectivity index (χ0v) is 7.41. The van der Waals surface area contributed by atoms with Gasteiger partial charge in [0.05, 0.1) is 13.2 Å². The van der Waals surface area contributed by atoms with Crippen LogP contribution in [0.3, 0.4) is 0 Å². The van der Waals surface area contributed by atoms with Gasteiger partial charge in [0.2, 0.25) is 0 Å². The van der Waals surface area contributed by atoms with Crippen LogP contribution in [0.4, 0.5) is 0 Å². The van der Waals surface area contributed by atoms with E-state index in [1.807, 2.05) is 0 Å². The van der Waals surface area contributed by atoms with Crippen LogP contribution in [0.5, 0.6) is 0 Å². The van der Waals surface area contributed by atoms with E-state index < -0.39 is 0 Å². The van der Waals surface area contributed by atoms with Crippen molar-refractivity contribution in [2.24, 2.45) is 0 Å². The molecule has 1 unspecified atom stereocenters. The van der Waals surface area contributed by atoms with Crippen LogP contribution in [0, 0.1) is 0 Å². The summed E-state index contributed by atoms with van der Waals surface area (Å²) in [6.45, 7) is 2.36. The van der Waals surface area contributed by atoms with Crippen LogP contribution >= 0.6 is 0 Å². The Morgan fingerprint density at radius 3 is 2.92 bits per heavy atom. The summed E-state index contributed by atoms with van der Waals surface area (Å²) in [7, 11) is 1.32. The quantitative estimate of drug-likeness (QED) is 0.350. The van der Waals surface area contributed by atoms with Crippen LogP contribution in [-0.2, 0) is 9.53 Å². The summed E-state index contributed by atoms with van der Waals surface area (Å²) in [6, 6.07) is 0. The molecule has 70 valence electrons. The predicted molar refractivity (Wildman–Crippen MR) is 45.5 cm³/mol. The molecule has 0 radical (unpaired) electrons. The van der Waals surface area contributed by atoms with Gasteiger partial charge in [0.25, 0.3) is 0 Å². The molecule has 12 heavy (non-hydrogen) atoms. The average Bonchev–Trinajstić information content (AvgIpc) is 2.03. The Kier molecular flexibility index (Phi) is 6.09. The second-order valence-electron chi connectivity index (χ2n) is 2.45. The summed E-state index contributed by atoms with van der Waals surface area (Å²) < 4.78 is 4.36. The first-order valence-electron chi connectivity index (χ1n) is 3.82. The van der Waals surface area contributed by atoms with Crippen LogP contribution < -0.4 is 5.32 Å². The van der Waals surface area contributed by atoms with Crippen molar-refractivity contribution in [1.82, 2.24) is 5.32 Å². The molecule has 0 amide bonds. The number of carbonyl (C=O) groups is 1. The van der Waals surface area contributed by atoms with Gasteiger partial charge in [-0.25, -0.2) is 4.79 Å². The minimum atomic E-state index is -0.389. The third-order valence-corrected chi connectivity index (χ3v) is 1.24. The molecular formula is C8H15NO3. The van der Waals surface area contributed by atoms with E-state index in [0.29, 0.717) is 13.0 Å². The fourth-order valence-electron chi connectivity index (χ4n) is 0.571. The first-order chi connectivity index (χ1) is 5.66. The zero-order chi connectivity index (χ0) is 9.40. The molecule has 0 bridgehead atoms. The Labute approximate surface area is 72.2 Å². The van der Waals surface area contributed by atoms with E-state index in [4.69, 9.17) is 5.11 Å². The Bertz CT molecular complexity index is 154. The van der Waals surface area contributed by atoms with Gasteiger partial charge in [-0.1, -0.05) is 0 Å². The Hall–Kier alpha value is -1.03. The van der Waals surface area contributed by atoms with Gasteiger partial charge < -0.3 is 15.2 Å². The number of methoxy groups -OCH3 is 1. The minimum absolute atomic E-state index is 0.316. The molecule has 0 spiro atoms. The highest BCUT2D eigenvalue weighted by atomic mass is 16.5. The third kappa shape index (κ3) is 7.08. The average molecular weight is 173 g/mol. The number of nitrogens with one attached hydrogen (secondary N) is 1. The lowest BCUT2D eigenvalue weighted by Gasteiger charge is -2.02. The highest BCUT2D eigenvalue weighted by molar-refractivity contribution is 5.81. The van der Waals surface area contributed by atoms with E-state index in [-0.39, 0.29) is 12.1 Å². The molecule has 1 atom stereocenters. The topological polar surface area (TPSA) is 58.6 Å². The van der Waals surface area contributed by atoms with Crippen molar-refractivity contribution >= 4 is 5.97 Å². The Morgan fingerprint density at radius 2 is 2.42 bits per heavy atom. The first kappa shape index (κ1) is 11.0. The lowest BCUT2D eigenvalue weighted by Crippen LogP contribution is -2.13. The molecule has 4 heteroatoms. The number of esters is 1. The van der Waals surface area contributed by atoms with Crippen molar-refractivity contribution in [3.63, 3.8) is 0 Å². The summed E-state index contributed by atoms with van der Waals surface area (Å²) in [6.07, 6.45) is 3.14. The van der Waals surface area contributed by atoms with Crippen molar-refractivity contribution < 1.29 is 14.6 Å². The summed E-state index contributed by atoms with van der Waals surface area (Å²) in [5.74, 6) is -0.389. The lowest BCUT2D eigenvalue weighted by molar-refractivity contribution is -0.134. The van der Waals surface area contributed by atoms with E-state index in [9.17, 15) is 4.79 Å². The van der Waals surface area contributed by atoms with Gasteiger partial charge in [-0.2, -0.15) is 0 Å². The van der Waals surface area contributed by atoms with Crippen LogP contribution in [0.1, 0.15) is 13.3 Å². The van der Waals surface area contributed by atoms with Crippen molar-refractivity contribution in [2.75, 3.05) is 13.7 Å². The number of rotatable bonds is 5. The Morgan fingerprint density at radius 1 is 1.75 bits per heavy atom. The fourth-order valence-corrected chi connectivity index (χ4v) is 0.571. The second-order valence-corrected chi connectivity index (χ2v) is 2.45. The smallest absolute Gasteiger partial charge is 0.331 e. The third-order valence-electron chi connectivity index (χ3n) is 1.24. The van der Waals surface area contributed by atoms with Crippen molar-refractivity contribution in [2.45, 2.75) is 19.4 Å². The second kappa shape index (κ2) is 6.67. The maximum absolute atomic E-state index is 10.5. The van der Waals surface area contributed by atoms with Crippen LogP contribution in [-0.4, -0.2) is 30.8 Å². The molecule has 0 aliphatic carbocycles. The van der Waals surface area contributed by atoms with Gasteiger partial charge >= 0.3 is 5.97 Å². The fraction of sp³-hybridized carbons (Fsp3) is 0.625. The molecule has 0 aliphatic heterocycles. The number of ether oxygens (including phenoxy) is 1. The summed E-state index contributed by atoms with van der Waals surface area (Å²) in [5, 5.41) is 11.7. The molecule has 0 rings (SSSR count). The normalized spacial score (nSPS) is 12.9. The summed E-state index contributed by atoms with van der Waals surface area (Å²) in [5.41, 5.74) is 0.